The number of carbonyl (C=O) groups excluding carboxylic acids is 1. The van der Waals surface area contributed by atoms with Crippen molar-refractivity contribution in [2.24, 2.45) is 0 Å². The summed E-state index contributed by atoms with van der Waals surface area (Å²) >= 11 is 0. The molecule has 4 nitrogen and oxygen atoms in total. The molecular weight excluding hydrogens is 216 g/mol. The molecule has 0 saturated carbocycles. The Morgan fingerprint density at radius 3 is 3.18 bits per heavy atom. The van der Waals surface area contributed by atoms with Crippen LogP contribution in [0.25, 0.3) is 0 Å². The highest BCUT2D eigenvalue weighted by Gasteiger charge is 2.21. The zero-order valence-electron chi connectivity index (χ0n) is 10.0. The Balaban J connectivity index is 1.96. The van der Waals surface area contributed by atoms with E-state index in [1.165, 1.54) is 5.56 Å². The van der Waals surface area contributed by atoms with Gasteiger partial charge < -0.3 is 15.4 Å². The quantitative estimate of drug-likeness (QED) is 0.825. The third-order valence-electron chi connectivity index (χ3n) is 2.82. The average molecular weight is 234 g/mol. The van der Waals surface area contributed by atoms with Crippen LogP contribution in [0, 0.1) is 0 Å². The summed E-state index contributed by atoms with van der Waals surface area (Å²) in [6.07, 6.45) is 0.583. The van der Waals surface area contributed by atoms with E-state index in [2.05, 4.69) is 17.6 Å². The predicted molar refractivity (Wildman–Crippen MR) is 67.1 cm³/mol. The molecule has 1 heterocycles. The SMILES string of the molecule is CCc1cccc(NC(=O)C2CNCCO2)c1. The van der Waals surface area contributed by atoms with E-state index < -0.39 is 0 Å². The summed E-state index contributed by atoms with van der Waals surface area (Å²) in [7, 11) is 0. The minimum absolute atomic E-state index is 0.0783. The number of morpholine rings is 1. The number of ether oxygens (including phenoxy) is 1. The lowest BCUT2D eigenvalue weighted by Crippen LogP contribution is -2.45. The Bertz CT molecular complexity index is 387. The van der Waals surface area contributed by atoms with Gasteiger partial charge >= 0.3 is 0 Å². The molecule has 0 aromatic heterocycles. The molecule has 17 heavy (non-hydrogen) atoms. The van der Waals surface area contributed by atoms with E-state index in [1.54, 1.807) is 0 Å². The summed E-state index contributed by atoms with van der Waals surface area (Å²) in [6, 6.07) is 7.89. The maximum Gasteiger partial charge on any atom is 0.254 e. The maximum atomic E-state index is 11.9. The van der Waals surface area contributed by atoms with Crippen molar-refractivity contribution in [1.82, 2.24) is 5.32 Å². The molecule has 0 aliphatic carbocycles. The third kappa shape index (κ3) is 3.28. The van der Waals surface area contributed by atoms with Crippen LogP contribution in [0.2, 0.25) is 0 Å². The van der Waals surface area contributed by atoms with Gasteiger partial charge in [0.15, 0.2) is 0 Å². The Morgan fingerprint density at radius 2 is 2.47 bits per heavy atom. The third-order valence-corrected chi connectivity index (χ3v) is 2.82. The Kier molecular flexibility index (Phi) is 4.12. The molecule has 2 N–H and O–H groups in total. The van der Waals surface area contributed by atoms with Crippen molar-refractivity contribution in [1.29, 1.82) is 0 Å². The van der Waals surface area contributed by atoms with Crippen LogP contribution in [0.1, 0.15) is 12.5 Å². The second kappa shape index (κ2) is 5.80. The van der Waals surface area contributed by atoms with Crippen molar-refractivity contribution in [2.75, 3.05) is 25.0 Å². The van der Waals surface area contributed by atoms with Crippen LogP contribution in [-0.4, -0.2) is 31.7 Å². The number of nitrogens with one attached hydrogen (secondary N) is 2. The predicted octanol–water partition coefficient (Wildman–Crippen LogP) is 1.18. The highest BCUT2D eigenvalue weighted by Crippen LogP contribution is 2.12. The van der Waals surface area contributed by atoms with Gasteiger partial charge in [-0.25, -0.2) is 0 Å². The monoisotopic (exact) mass is 234 g/mol. The summed E-state index contributed by atoms with van der Waals surface area (Å²) in [5, 5.41) is 6.02. The Hall–Kier alpha value is -1.39. The molecule has 1 saturated heterocycles. The van der Waals surface area contributed by atoms with Gasteiger partial charge in [-0.2, -0.15) is 0 Å². The lowest BCUT2D eigenvalue weighted by molar-refractivity contribution is -0.128. The molecule has 1 aliphatic heterocycles. The molecule has 0 radical (unpaired) electrons. The zero-order valence-corrected chi connectivity index (χ0v) is 10.0. The van der Waals surface area contributed by atoms with Gasteiger partial charge in [0.05, 0.1) is 6.61 Å². The van der Waals surface area contributed by atoms with Crippen LogP contribution in [0.4, 0.5) is 5.69 Å². The summed E-state index contributed by atoms with van der Waals surface area (Å²) in [4.78, 5) is 11.9. The van der Waals surface area contributed by atoms with Crippen LogP contribution < -0.4 is 10.6 Å². The summed E-state index contributed by atoms with van der Waals surface area (Å²) in [6.45, 7) is 4.08. The molecule has 92 valence electrons. The number of carbonyl (C=O) groups is 1. The number of hydrogen-bond donors (Lipinski definition) is 2. The fourth-order valence-corrected chi connectivity index (χ4v) is 1.83. The van der Waals surface area contributed by atoms with Crippen LogP contribution in [0.15, 0.2) is 24.3 Å². The first kappa shape index (κ1) is 12.1. The van der Waals surface area contributed by atoms with Crippen LogP contribution >= 0.6 is 0 Å². The Morgan fingerprint density at radius 1 is 1.59 bits per heavy atom. The molecule has 1 unspecified atom stereocenters. The highest BCUT2D eigenvalue weighted by atomic mass is 16.5. The van der Waals surface area contributed by atoms with E-state index in [9.17, 15) is 4.79 Å². The molecule has 1 aromatic rings. The van der Waals surface area contributed by atoms with E-state index in [-0.39, 0.29) is 12.0 Å². The smallest absolute Gasteiger partial charge is 0.254 e. The van der Waals surface area contributed by atoms with Gasteiger partial charge in [0.25, 0.3) is 5.91 Å². The average Bonchev–Trinajstić information content (AvgIpc) is 2.40. The molecule has 1 aromatic carbocycles. The van der Waals surface area contributed by atoms with E-state index in [1.807, 2.05) is 24.3 Å². The van der Waals surface area contributed by atoms with E-state index >= 15 is 0 Å². The van der Waals surface area contributed by atoms with E-state index in [0.29, 0.717) is 13.2 Å². The van der Waals surface area contributed by atoms with Crippen LogP contribution in [-0.2, 0) is 16.0 Å². The van der Waals surface area contributed by atoms with Gasteiger partial charge in [-0.05, 0) is 24.1 Å². The molecule has 4 heteroatoms. The van der Waals surface area contributed by atoms with Crippen LogP contribution in [0.5, 0.6) is 0 Å². The number of amides is 1. The van der Waals surface area contributed by atoms with E-state index in [4.69, 9.17) is 4.74 Å². The molecule has 0 spiro atoms. The normalized spacial score (nSPS) is 19.9. The lowest BCUT2D eigenvalue weighted by atomic mass is 10.1. The molecule has 1 aliphatic rings. The lowest BCUT2D eigenvalue weighted by Gasteiger charge is -2.22. The van der Waals surface area contributed by atoms with Gasteiger partial charge in [-0.1, -0.05) is 19.1 Å². The number of anilines is 1. The van der Waals surface area contributed by atoms with Crippen molar-refractivity contribution in [3.8, 4) is 0 Å². The molecule has 1 fully saturated rings. The van der Waals surface area contributed by atoms with Crippen molar-refractivity contribution in [3.05, 3.63) is 29.8 Å². The zero-order chi connectivity index (χ0) is 12.1. The topological polar surface area (TPSA) is 50.4 Å². The second-order valence-electron chi connectivity index (χ2n) is 4.11. The first-order valence-corrected chi connectivity index (χ1v) is 6.01. The molecule has 2 rings (SSSR count). The first-order valence-electron chi connectivity index (χ1n) is 6.01. The van der Waals surface area contributed by atoms with Gasteiger partial charge in [-0.3, -0.25) is 4.79 Å². The maximum absolute atomic E-state index is 11.9. The molecule has 1 atom stereocenters. The first-order chi connectivity index (χ1) is 8.29. The largest absolute Gasteiger partial charge is 0.366 e. The molecule has 1 amide bonds. The van der Waals surface area contributed by atoms with E-state index in [0.717, 1.165) is 18.7 Å². The van der Waals surface area contributed by atoms with Gasteiger partial charge in [-0.15, -0.1) is 0 Å². The van der Waals surface area contributed by atoms with Gasteiger partial charge in [0.1, 0.15) is 6.10 Å². The van der Waals surface area contributed by atoms with Gasteiger partial charge in [0, 0.05) is 18.8 Å². The number of benzene rings is 1. The number of hydrogen-bond acceptors (Lipinski definition) is 3. The van der Waals surface area contributed by atoms with Crippen molar-refractivity contribution < 1.29 is 9.53 Å². The summed E-state index contributed by atoms with van der Waals surface area (Å²) in [5.74, 6) is -0.0783. The minimum Gasteiger partial charge on any atom is -0.366 e. The second-order valence-corrected chi connectivity index (χ2v) is 4.11. The standard InChI is InChI=1S/C13H18N2O2/c1-2-10-4-3-5-11(8-10)15-13(16)12-9-14-6-7-17-12/h3-5,8,12,14H,2,6-7,9H2,1H3,(H,15,16). The fourth-order valence-electron chi connectivity index (χ4n) is 1.83. The van der Waals surface area contributed by atoms with Gasteiger partial charge in [0.2, 0.25) is 0 Å². The Labute approximate surface area is 101 Å². The highest BCUT2D eigenvalue weighted by molar-refractivity contribution is 5.94. The summed E-state index contributed by atoms with van der Waals surface area (Å²) < 4.78 is 5.39. The minimum atomic E-state index is -0.381. The molecular formula is C13H18N2O2. The number of aryl methyl sites for hydroxylation is 1. The van der Waals surface area contributed by atoms with Crippen molar-refractivity contribution >= 4 is 11.6 Å². The summed E-state index contributed by atoms with van der Waals surface area (Å²) in [5.41, 5.74) is 2.05. The molecule has 0 bridgehead atoms. The fraction of sp³-hybridized carbons (Fsp3) is 0.462. The van der Waals surface area contributed by atoms with Crippen molar-refractivity contribution in [2.45, 2.75) is 19.4 Å². The van der Waals surface area contributed by atoms with Crippen molar-refractivity contribution in [3.63, 3.8) is 0 Å². The van der Waals surface area contributed by atoms with Crippen LogP contribution in [0.3, 0.4) is 0 Å². The number of rotatable bonds is 3.